The molecule has 2 aliphatic rings. The summed E-state index contributed by atoms with van der Waals surface area (Å²) in [5.41, 5.74) is 0.954. The molecule has 2 heterocycles. The number of hydrogen-bond acceptors (Lipinski definition) is 4. The maximum atomic E-state index is 12.7. The molecule has 0 saturated carbocycles. The van der Waals surface area contributed by atoms with Crippen LogP contribution in [-0.4, -0.2) is 71.8 Å². The van der Waals surface area contributed by atoms with Crippen molar-refractivity contribution in [3.05, 3.63) is 29.8 Å². The molecule has 0 aromatic heterocycles. The van der Waals surface area contributed by atoms with Gasteiger partial charge in [-0.05, 0) is 31.0 Å². The molecule has 7 nitrogen and oxygen atoms in total. The second kappa shape index (κ2) is 7.76. The average molecular weight is 359 g/mol. The maximum absolute atomic E-state index is 12.7. The third kappa shape index (κ3) is 3.81. The number of piperazine rings is 1. The van der Waals surface area contributed by atoms with Gasteiger partial charge in [-0.15, -0.1) is 0 Å². The lowest BCUT2D eigenvalue weighted by Gasteiger charge is -2.39. The minimum atomic E-state index is -0.507. The number of nitrogens with zero attached hydrogens (tertiary/aromatic N) is 3. The van der Waals surface area contributed by atoms with Gasteiger partial charge in [0.05, 0.1) is 7.11 Å². The van der Waals surface area contributed by atoms with Crippen LogP contribution in [-0.2, 0) is 20.9 Å². The topological polar surface area (TPSA) is 70.2 Å². The number of hydrogen-bond donors (Lipinski definition) is 0. The fraction of sp³-hybridized carbons (Fsp3) is 0.526. The van der Waals surface area contributed by atoms with Gasteiger partial charge in [0.2, 0.25) is 17.7 Å². The molecule has 2 aliphatic heterocycles. The van der Waals surface area contributed by atoms with E-state index in [-0.39, 0.29) is 24.3 Å². The number of amides is 3. The lowest BCUT2D eigenvalue weighted by molar-refractivity contribution is -0.156. The molecular formula is C19H25N3O4. The summed E-state index contributed by atoms with van der Waals surface area (Å²) in [7, 11) is 1.60. The zero-order chi connectivity index (χ0) is 18.7. The first-order chi connectivity index (χ1) is 12.5. The van der Waals surface area contributed by atoms with Gasteiger partial charge in [-0.25, -0.2) is 0 Å². The van der Waals surface area contributed by atoms with E-state index in [9.17, 15) is 14.4 Å². The molecular weight excluding hydrogens is 334 g/mol. The minimum absolute atomic E-state index is 0.0619. The van der Waals surface area contributed by atoms with Gasteiger partial charge in [-0.3, -0.25) is 14.4 Å². The summed E-state index contributed by atoms with van der Waals surface area (Å²) in [6.07, 6.45) is 1.45. The van der Waals surface area contributed by atoms with Gasteiger partial charge in [0.1, 0.15) is 18.3 Å². The molecule has 0 spiro atoms. The minimum Gasteiger partial charge on any atom is -0.497 e. The molecule has 3 rings (SSSR count). The second-order valence-corrected chi connectivity index (χ2v) is 6.79. The van der Waals surface area contributed by atoms with Gasteiger partial charge < -0.3 is 19.4 Å². The Kier molecular flexibility index (Phi) is 5.44. The van der Waals surface area contributed by atoms with E-state index >= 15 is 0 Å². The number of carbonyl (C=O) groups is 3. The van der Waals surface area contributed by atoms with Crippen LogP contribution in [0.15, 0.2) is 24.3 Å². The normalized spacial score (nSPS) is 20.9. The molecule has 7 heteroatoms. The molecule has 0 unspecified atom stereocenters. The Labute approximate surface area is 153 Å². The van der Waals surface area contributed by atoms with Gasteiger partial charge in [-0.1, -0.05) is 12.1 Å². The van der Waals surface area contributed by atoms with Crippen molar-refractivity contribution < 1.29 is 19.1 Å². The molecule has 1 aromatic carbocycles. The van der Waals surface area contributed by atoms with Crippen LogP contribution in [0.3, 0.4) is 0 Å². The molecule has 1 aromatic rings. The van der Waals surface area contributed by atoms with Crippen molar-refractivity contribution in [2.45, 2.75) is 32.4 Å². The standard InChI is InChI=1S/C19H25N3O4/c1-14-19(25)21(12-15-5-7-16(26-2)8-6-15)13-18(24)22(14)11-10-20-9-3-4-17(20)23/h5-8,14H,3-4,9-13H2,1-2H3/t14-/m0/s1. The highest BCUT2D eigenvalue weighted by atomic mass is 16.5. The zero-order valence-electron chi connectivity index (χ0n) is 15.3. The molecule has 0 N–H and O–H groups in total. The van der Waals surface area contributed by atoms with E-state index in [4.69, 9.17) is 4.74 Å². The molecule has 0 aliphatic carbocycles. The highest BCUT2D eigenvalue weighted by molar-refractivity contribution is 5.94. The van der Waals surface area contributed by atoms with E-state index in [0.717, 1.165) is 24.3 Å². The molecule has 140 valence electrons. The van der Waals surface area contributed by atoms with Crippen molar-refractivity contribution in [1.29, 1.82) is 0 Å². The summed E-state index contributed by atoms with van der Waals surface area (Å²) in [6.45, 7) is 3.88. The summed E-state index contributed by atoms with van der Waals surface area (Å²) in [4.78, 5) is 41.9. The largest absolute Gasteiger partial charge is 0.497 e. The van der Waals surface area contributed by atoms with Crippen molar-refractivity contribution in [2.75, 3.05) is 33.3 Å². The van der Waals surface area contributed by atoms with Crippen molar-refractivity contribution in [3.8, 4) is 5.75 Å². The molecule has 1 atom stereocenters. The SMILES string of the molecule is COc1ccc(CN2CC(=O)N(CCN3CCCC3=O)[C@@H](C)C2=O)cc1. The predicted octanol–water partition coefficient (Wildman–Crippen LogP) is 0.877. The molecule has 3 amide bonds. The summed E-state index contributed by atoms with van der Waals surface area (Å²) < 4.78 is 5.14. The van der Waals surface area contributed by atoms with Gasteiger partial charge >= 0.3 is 0 Å². The Morgan fingerprint density at radius 3 is 2.38 bits per heavy atom. The molecule has 0 bridgehead atoms. The first-order valence-corrected chi connectivity index (χ1v) is 8.98. The Hall–Kier alpha value is -2.57. The van der Waals surface area contributed by atoms with Crippen LogP contribution in [0.25, 0.3) is 0 Å². The zero-order valence-corrected chi connectivity index (χ0v) is 15.3. The van der Waals surface area contributed by atoms with E-state index in [1.807, 2.05) is 24.3 Å². The Bertz CT molecular complexity index is 689. The third-order valence-corrected chi connectivity index (χ3v) is 5.10. The van der Waals surface area contributed by atoms with Crippen LogP contribution >= 0.6 is 0 Å². The van der Waals surface area contributed by atoms with Gasteiger partial charge in [0, 0.05) is 32.6 Å². The van der Waals surface area contributed by atoms with Crippen LogP contribution in [0, 0.1) is 0 Å². The van der Waals surface area contributed by atoms with E-state index in [1.165, 1.54) is 0 Å². The average Bonchev–Trinajstić information content (AvgIpc) is 3.05. The highest BCUT2D eigenvalue weighted by Crippen LogP contribution is 2.18. The van der Waals surface area contributed by atoms with Crippen LogP contribution in [0.5, 0.6) is 5.75 Å². The van der Waals surface area contributed by atoms with E-state index < -0.39 is 6.04 Å². The van der Waals surface area contributed by atoms with Gasteiger partial charge in [0.25, 0.3) is 0 Å². The fourth-order valence-corrected chi connectivity index (χ4v) is 3.52. The van der Waals surface area contributed by atoms with Crippen molar-refractivity contribution in [3.63, 3.8) is 0 Å². The molecule has 2 fully saturated rings. The van der Waals surface area contributed by atoms with Crippen molar-refractivity contribution in [2.24, 2.45) is 0 Å². The Morgan fingerprint density at radius 2 is 1.77 bits per heavy atom. The quantitative estimate of drug-likeness (QED) is 0.756. The monoisotopic (exact) mass is 359 g/mol. The predicted molar refractivity (Wildman–Crippen MR) is 95.4 cm³/mol. The number of rotatable bonds is 6. The molecule has 26 heavy (non-hydrogen) atoms. The smallest absolute Gasteiger partial charge is 0.245 e. The van der Waals surface area contributed by atoms with E-state index in [2.05, 4.69) is 0 Å². The van der Waals surface area contributed by atoms with Gasteiger partial charge in [0.15, 0.2) is 0 Å². The molecule has 0 radical (unpaired) electrons. The first-order valence-electron chi connectivity index (χ1n) is 8.98. The maximum Gasteiger partial charge on any atom is 0.245 e. The number of ether oxygens (including phenoxy) is 1. The number of methoxy groups -OCH3 is 1. The lowest BCUT2D eigenvalue weighted by Crippen LogP contribution is -2.59. The third-order valence-electron chi connectivity index (χ3n) is 5.10. The van der Waals surface area contributed by atoms with Crippen LogP contribution in [0.1, 0.15) is 25.3 Å². The summed E-state index contributed by atoms with van der Waals surface area (Å²) >= 11 is 0. The number of benzene rings is 1. The van der Waals surface area contributed by atoms with Crippen LogP contribution in [0.2, 0.25) is 0 Å². The Morgan fingerprint density at radius 1 is 1.04 bits per heavy atom. The van der Waals surface area contributed by atoms with Crippen molar-refractivity contribution >= 4 is 17.7 Å². The van der Waals surface area contributed by atoms with E-state index in [0.29, 0.717) is 26.1 Å². The summed E-state index contributed by atoms with van der Waals surface area (Å²) in [5, 5.41) is 0. The molecule has 2 saturated heterocycles. The van der Waals surface area contributed by atoms with Crippen LogP contribution in [0.4, 0.5) is 0 Å². The number of carbonyl (C=O) groups excluding carboxylic acids is 3. The number of likely N-dealkylation sites (tertiary alicyclic amines) is 1. The Balaban J connectivity index is 1.59. The summed E-state index contributed by atoms with van der Waals surface area (Å²) in [6, 6.07) is 6.97. The lowest BCUT2D eigenvalue weighted by atomic mass is 10.1. The summed E-state index contributed by atoms with van der Waals surface area (Å²) in [5.74, 6) is 0.755. The fourth-order valence-electron chi connectivity index (χ4n) is 3.52. The van der Waals surface area contributed by atoms with Crippen molar-refractivity contribution in [1.82, 2.24) is 14.7 Å². The van der Waals surface area contributed by atoms with E-state index in [1.54, 1.807) is 28.7 Å². The van der Waals surface area contributed by atoms with Crippen LogP contribution < -0.4 is 4.74 Å². The first kappa shape index (κ1) is 18.2. The second-order valence-electron chi connectivity index (χ2n) is 6.79. The highest BCUT2D eigenvalue weighted by Gasteiger charge is 2.36. The van der Waals surface area contributed by atoms with Gasteiger partial charge in [-0.2, -0.15) is 0 Å².